The average Bonchev–Trinajstić information content (AvgIpc) is 2.57. The van der Waals surface area contributed by atoms with E-state index in [9.17, 15) is 9.59 Å². The molecule has 1 aliphatic heterocycles. The zero-order valence-electron chi connectivity index (χ0n) is 11.6. The summed E-state index contributed by atoms with van der Waals surface area (Å²) < 4.78 is 0. The standard InChI is InChI=1S/C15H21NO2/c1-9(2)15-7-5-14(3,6-8-15)10-11(15)13(18)16(4)12(10)17/h5,7,9-11H,6,8H2,1-4H3/t10-,11-,14+,15+/m1/s1. The second-order valence-corrected chi connectivity index (χ2v) is 6.80. The van der Waals surface area contributed by atoms with E-state index in [4.69, 9.17) is 0 Å². The van der Waals surface area contributed by atoms with Gasteiger partial charge in [0.25, 0.3) is 0 Å². The second-order valence-electron chi connectivity index (χ2n) is 6.80. The second kappa shape index (κ2) is 3.25. The average molecular weight is 247 g/mol. The first-order valence-electron chi connectivity index (χ1n) is 6.85. The number of carbonyl (C=O) groups is 2. The van der Waals surface area contributed by atoms with E-state index in [1.54, 1.807) is 7.05 Å². The van der Waals surface area contributed by atoms with Crippen LogP contribution in [0.1, 0.15) is 33.6 Å². The van der Waals surface area contributed by atoms with Gasteiger partial charge in [-0.2, -0.15) is 0 Å². The van der Waals surface area contributed by atoms with Crippen LogP contribution in [0, 0.1) is 28.6 Å². The van der Waals surface area contributed by atoms with Crippen molar-refractivity contribution in [2.45, 2.75) is 33.6 Å². The maximum absolute atomic E-state index is 12.5. The number of hydrogen-bond acceptors (Lipinski definition) is 2. The van der Waals surface area contributed by atoms with E-state index in [0.717, 1.165) is 12.8 Å². The highest BCUT2D eigenvalue weighted by Crippen LogP contribution is 2.63. The van der Waals surface area contributed by atoms with Gasteiger partial charge in [-0.25, -0.2) is 0 Å². The first-order valence-corrected chi connectivity index (χ1v) is 6.85. The highest BCUT2D eigenvalue weighted by Gasteiger charge is 2.66. The van der Waals surface area contributed by atoms with Gasteiger partial charge in [-0.05, 0) is 24.2 Å². The summed E-state index contributed by atoms with van der Waals surface area (Å²) >= 11 is 0. The first kappa shape index (κ1) is 11.9. The number of rotatable bonds is 1. The van der Waals surface area contributed by atoms with Gasteiger partial charge in [0.2, 0.25) is 11.8 Å². The Balaban J connectivity index is 2.19. The number of carbonyl (C=O) groups excluding carboxylic acids is 2. The van der Waals surface area contributed by atoms with Crippen molar-refractivity contribution in [3.63, 3.8) is 0 Å². The zero-order chi connectivity index (χ0) is 13.3. The maximum atomic E-state index is 12.5. The minimum Gasteiger partial charge on any atom is -0.285 e. The molecule has 4 atom stereocenters. The van der Waals surface area contributed by atoms with Crippen LogP contribution >= 0.6 is 0 Å². The highest BCUT2D eigenvalue weighted by molar-refractivity contribution is 6.06. The van der Waals surface area contributed by atoms with Gasteiger partial charge < -0.3 is 0 Å². The predicted molar refractivity (Wildman–Crippen MR) is 68.5 cm³/mol. The molecule has 98 valence electrons. The minimum atomic E-state index is -0.129. The van der Waals surface area contributed by atoms with Crippen LogP contribution in [0.4, 0.5) is 0 Å². The summed E-state index contributed by atoms with van der Waals surface area (Å²) in [7, 11) is 1.64. The fraction of sp³-hybridized carbons (Fsp3) is 0.733. The van der Waals surface area contributed by atoms with Crippen LogP contribution in [-0.2, 0) is 9.59 Å². The fourth-order valence-electron chi connectivity index (χ4n) is 4.37. The number of imide groups is 1. The Morgan fingerprint density at radius 3 is 2.28 bits per heavy atom. The van der Waals surface area contributed by atoms with E-state index >= 15 is 0 Å². The Morgan fingerprint density at radius 1 is 1.17 bits per heavy atom. The molecule has 3 heteroatoms. The third kappa shape index (κ3) is 1.11. The van der Waals surface area contributed by atoms with Crippen molar-refractivity contribution < 1.29 is 9.59 Å². The van der Waals surface area contributed by atoms with Crippen LogP contribution in [0.5, 0.6) is 0 Å². The highest BCUT2D eigenvalue weighted by atomic mass is 16.2. The molecular formula is C15H21NO2. The number of hydrogen-bond donors (Lipinski definition) is 0. The van der Waals surface area contributed by atoms with Crippen molar-refractivity contribution in [3.05, 3.63) is 12.2 Å². The van der Waals surface area contributed by atoms with Gasteiger partial charge in [0.15, 0.2) is 0 Å². The Hall–Kier alpha value is -1.12. The first-order chi connectivity index (χ1) is 8.33. The smallest absolute Gasteiger partial charge is 0.233 e. The molecule has 0 radical (unpaired) electrons. The Bertz CT molecular complexity index is 467. The molecule has 2 amide bonds. The van der Waals surface area contributed by atoms with Crippen LogP contribution in [0.2, 0.25) is 0 Å². The summed E-state index contributed by atoms with van der Waals surface area (Å²) in [5.74, 6) is 0.208. The van der Waals surface area contributed by atoms with Crippen LogP contribution in [-0.4, -0.2) is 23.8 Å². The van der Waals surface area contributed by atoms with Gasteiger partial charge >= 0.3 is 0 Å². The number of allylic oxidation sites excluding steroid dienone is 2. The molecule has 0 aromatic heterocycles. The summed E-state index contributed by atoms with van der Waals surface area (Å²) in [6.07, 6.45) is 6.51. The van der Waals surface area contributed by atoms with E-state index in [-0.39, 0.29) is 34.5 Å². The topological polar surface area (TPSA) is 37.4 Å². The van der Waals surface area contributed by atoms with Crippen molar-refractivity contribution in [1.82, 2.24) is 4.90 Å². The molecule has 3 nitrogen and oxygen atoms in total. The minimum absolute atomic E-state index is 0.0292. The molecule has 0 aromatic carbocycles. The van der Waals surface area contributed by atoms with Crippen molar-refractivity contribution in [2.75, 3.05) is 7.05 Å². The van der Waals surface area contributed by atoms with Crippen LogP contribution in [0.3, 0.4) is 0 Å². The van der Waals surface area contributed by atoms with Gasteiger partial charge in [-0.15, -0.1) is 0 Å². The quantitative estimate of drug-likeness (QED) is 0.526. The molecule has 18 heavy (non-hydrogen) atoms. The maximum Gasteiger partial charge on any atom is 0.233 e. The van der Waals surface area contributed by atoms with Crippen molar-refractivity contribution in [1.29, 1.82) is 0 Å². The molecule has 1 heterocycles. The van der Waals surface area contributed by atoms with Crippen LogP contribution in [0.25, 0.3) is 0 Å². The molecule has 1 saturated heterocycles. The SMILES string of the molecule is CC(C)[C@]12C=C[C@@](C)(CC1)[C@H]1C(=O)N(C)C(=O)[C@@H]12. The van der Waals surface area contributed by atoms with E-state index in [0.29, 0.717) is 5.92 Å². The molecule has 0 spiro atoms. The predicted octanol–water partition coefficient (Wildman–Crippen LogP) is 2.23. The van der Waals surface area contributed by atoms with Crippen molar-refractivity contribution in [2.24, 2.45) is 28.6 Å². The van der Waals surface area contributed by atoms with Gasteiger partial charge in [-0.3, -0.25) is 14.5 Å². The summed E-state index contributed by atoms with van der Waals surface area (Å²) in [6, 6.07) is 0. The van der Waals surface area contributed by atoms with E-state index in [2.05, 4.69) is 32.9 Å². The number of amides is 2. The Labute approximate surface area is 108 Å². The van der Waals surface area contributed by atoms with Gasteiger partial charge in [-0.1, -0.05) is 32.9 Å². The number of fused-ring (bicyclic) bond motifs is 1. The van der Waals surface area contributed by atoms with Crippen LogP contribution < -0.4 is 0 Å². The molecule has 1 saturated carbocycles. The van der Waals surface area contributed by atoms with Crippen molar-refractivity contribution in [3.8, 4) is 0 Å². The monoisotopic (exact) mass is 247 g/mol. The number of nitrogens with zero attached hydrogens (tertiary/aromatic N) is 1. The largest absolute Gasteiger partial charge is 0.285 e. The molecule has 2 fully saturated rings. The summed E-state index contributed by atoms with van der Waals surface area (Å²) in [4.78, 5) is 26.2. The molecule has 4 rings (SSSR count). The molecule has 2 bridgehead atoms. The summed E-state index contributed by atoms with van der Waals surface area (Å²) in [6.45, 7) is 6.48. The third-order valence-electron chi connectivity index (χ3n) is 5.76. The molecule has 0 N–H and O–H groups in total. The molecule has 0 unspecified atom stereocenters. The Morgan fingerprint density at radius 2 is 1.78 bits per heavy atom. The molecule has 0 aromatic rings. The molecular weight excluding hydrogens is 226 g/mol. The molecule has 3 aliphatic carbocycles. The van der Waals surface area contributed by atoms with Gasteiger partial charge in [0, 0.05) is 12.5 Å². The lowest BCUT2D eigenvalue weighted by Crippen LogP contribution is -2.53. The molecule has 4 aliphatic rings. The van der Waals surface area contributed by atoms with Gasteiger partial charge in [0.05, 0.1) is 11.8 Å². The van der Waals surface area contributed by atoms with Crippen molar-refractivity contribution >= 4 is 11.8 Å². The Kier molecular flexibility index (Phi) is 2.16. The number of likely N-dealkylation sites (tertiary alicyclic amines) is 1. The fourth-order valence-corrected chi connectivity index (χ4v) is 4.37. The normalized spacial score (nSPS) is 46.2. The lowest BCUT2D eigenvalue weighted by Gasteiger charge is -2.55. The van der Waals surface area contributed by atoms with E-state index in [1.165, 1.54) is 4.90 Å². The van der Waals surface area contributed by atoms with E-state index in [1.807, 2.05) is 0 Å². The van der Waals surface area contributed by atoms with Gasteiger partial charge in [0.1, 0.15) is 0 Å². The summed E-state index contributed by atoms with van der Waals surface area (Å²) in [5.41, 5.74) is -0.210. The van der Waals surface area contributed by atoms with E-state index < -0.39 is 0 Å². The zero-order valence-corrected chi connectivity index (χ0v) is 11.6. The van der Waals surface area contributed by atoms with Crippen LogP contribution in [0.15, 0.2) is 12.2 Å². The lowest BCUT2D eigenvalue weighted by atomic mass is 9.46. The summed E-state index contributed by atoms with van der Waals surface area (Å²) in [5, 5.41) is 0. The third-order valence-corrected chi connectivity index (χ3v) is 5.76. The lowest BCUT2D eigenvalue weighted by molar-refractivity contribution is -0.139.